The van der Waals surface area contributed by atoms with Crippen LogP contribution in [0.3, 0.4) is 0 Å². The van der Waals surface area contributed by atoms with Gasteiger partial charge >= 0.3 is 5.97 Å². The molecule has 1 atom stereocenters. The molecule has 0 bridgehead atoms. The summed E-state index contributed by atoms with van der Waals surface area (Å²) in [4.78, 5) is 11.4. The molecule has 0 aliphatic heterocycles. The Labute approximate surface area is 103 Å². The van der Waals surface area contributed by atoms with Crippen LogP contribution in [0.15, 0.2) is 0 Å². The molecule has 4 heteroatoms. The Kier molecular flexibility index (Phi) is 7.40. The van der Waals surface area contributed by atoms with Crippen molar-refractivity contribution in [1.82, 2.24) is 0 Å². The molecule has 0 saturated carbocycles. The summed E-state index contributed by atoms with van der Waals surface area (Å²) in [6.45, 7) is 5.74. The molecule has 0 spiro atoms. The van der Waals surface area contributed by atoms with E-state index in [0.717, 1.165) is 0 Å². The third-order valence-corrected chi connectivity index (χ3v) is 2.21. The molecule has 0 saturated heterocycles. The smallest absolute Gasteiger partial charge is 0.311 e. The Bertz CT molecular complexity index is 280. The van der Waals surface area contributed by atoms with Crippen LogP contribution in [0, 0.1) is 17.4 Å². The normalized spacial score (nSPS) is 12.5. The number of carbonyl (C=O) groups is 1. The lowest BCUT2D eigenvalue weighted by Gasteiger charge is -2.16. The van der Waals surface area contributed by atoms with Gasteiger partial charge in [0.05, 0.1) is 18.1 Å². The largest absolute Gasteiger partial charge is 0.465 e. The van der Waals surface area contributed by atoms with Gasteiger partial charge in [0, 0.05) is 6.42 Å². The highest BCUT2D eigenvalue weighted by molar-refractivity contribution is 5.75. The van der Waals surface area contributed by atoms with E-state index in [0.29, 0.717) is 32.3 Å². The van der Waals surface area contributed by atoms with E-state index < -0.39 is 11.5 Å². The minimum absolute atomic E-state index is 0.224. The van der Waals surface area contributed by atoms with Crippen molar-refractivity contribution in [2.75, 3.05) is 6.61 Å². The summed E-state index contributed by atoms with van der Waals surface area (Å²) >= 11 is 0. The molecule has 0 aromatic heterocycles. The number of ether oxygens (including phenoxy) is 1. The molecular formula is C13H22O4. The second kappa shape index (κ2) is 7.97. The number of hydrogen-bond acceptors (Lipinski definition) is 4. The predicted octanol–water partition coefficient (Wildman–Crippen LogP) is 1.83. The van der Waals surface area contributed by atoms with Crippen molar-refractivity contribution in [2.45, 2.75) is 52.6 Å². The highest BCUT2D eigenvalue weighted by Gasteiger charge is 2.22. The Morgan fingerprint density at radius 2 is 2.00 bits per heavy atom. The van der Waals surface area contributed by atoms with Gasteiger partial charge in [-0.25, -0.2) is 0 Å². The van der Waals surface area contributed by atoms with Gasteiger partial charge in [-0.05, 0) is 40.0 Å². The Morgan fingerprint density at radius 3 is 2.53 bits per heavy atom. The van der Waals surface area contributed by atoms with E-state index in [-0.39, 0.29) is 5.97 Å². The van der Waals surface area contributed by atoms with Crippen LogP contribution in [0.2, 0.25) is 0 Å². The van der Waals surface area contributed by atoms with E-state index in [1.165, 1.54) is 0 Å². The van der Waals surface area contributed by atoms with Crippen molar-refractivity contribution in [1.29, 1.82) is 0 Å². The van der Waals surface area contributed by atoms with Gasteiger partial charge in [0.15, 0.2) is 0 Å². The van der Waals surface area contributed by atoms with Gasteiger partial charge in [0.2, 0.25) is 0 Å². The Morgan fingerprint density at radius 1 is 1.35 bits per heavy atom. The van der Waals surface area contributed by atoms with Crippen LogP contribution < -0.4 is 0 Å². The first kappa shape index (κ1) is 15.8. The fraction of sp³-hybridized carbons (Fsp3) is 0.769. The van der Waals surface area contributed by atoms with Crippen molar-refractivity contribution in [2.24, 2.45) is 5.41 Å². The zero-order chi connectivity index (χ0) is 13.3. The summed E-state index contributed by atoms with van der Waals surface area (Å²) < 4.78 is 5.06. The molecule has 4 nitrogen and oxygen atoms in total. The number of aliphatic hydroxyl groups is 2. The maximum absolute atomic E-state index is 11.4. The van der Waals surface area contributed by atoms with Crippen LogP contribution in [0.1, 0.15) is 46.5 Å². The summed E-state index contributed by atoms with van der Waals surface area (Å²) in [5.74, 6) is 2.24. The van der Waals surface area contributed by atoms with Gasteiger partial charge in [0.1, 0.15) is 6.11 Å². The van der Waals surface area contributed by atoms with Crippen molar-refractivity contribution in [3.05, 3.63) is 0 Å². The van der Waals surface area contributed by atoms with Gasteiger partial charge in [-0.2, -0.15) is 0 Å². The summed E-state index contributed by atoms with van der Waals surface area (Å²) in [6.07, 6.45) is 3.55. The number of rotatable bonds is 6. The third-order valence-electron chi connectivity index (χ3n) is 2.21. The summed E-state index contributed by atoms with van der Waals surface area (Å²) in [6, 6.07) is 0. The highest BCUT2D eigenvalue weighted by atomic mass is 16.5. The first-order valence-corrected chi connectivity index (χ1v) is 5.85. The minimum atomic E-state index is -0.477. The lowest BCUT2D eigenvalue weighted by molar-refractivity contribution is -0.153. The van der Waals surface area contributed by atoms with Crippen molar-refractivity contribution in [3.8, 4) is 12.0 Å². The fourth-order valence-corrected chi connectivity index (χ4v) is 1.14. The van der Waals surface area contributed by atoms with Gasteiger partial charge in [-0.15, -0.1) is 0 Å². The first-order valence-electron chi connectivity index (χ1n) is 5.85. The number of aliphatic hydroxyl groups excluding tert-OH is 2. The molecule has 2 N–H and O–H groups in total. The van der Waals surface area contributed by atoms with Gasteiger partial charge in [-0.1, -0.05) is 5.92 Å². The second-order valence-electron chi connectivity index (χ2n) is 5.01. The van der Waals surface area contributed by atoms with Crippen molar-refractivity contribution in [3.63, 3.8) is 0 Å². The Balaban J connectivity index is 3.56. The molecule has 17 heavy (non-hydrogen) atoms. The number of hydrogen-bond donors (Lipinski definition) is 2. The molecular weight excluding hydrogens is 220 g/mol. The van der Waals surface area contributed by atoms with E-state index in [1.54, 1.807) is 26.9 Å². The van der Waals surface area contributed by atoms with E-state index in [4.69, 9.17) is 9.84 Å². The quantitative estimate of drug-likeness (QED) is 0.423. The van der Waals surface area contributed by atoms with Crippen LogP contribution in [0.5, 0.6) is 0 Å². The molecule has 98 valence electrons. The lowest BCUT2D eigenvalue weighted by atomic mass is 9.97. The van der Waals surface area contributed by atoms with Crippen LogP contribution in [0.25, 0.3) is 0 Å². The molecule has 0 aromatic carbocycles. The van der Waals surface area contributed by atoms with Crippen LogP contribution >= 0.6 is 0 Å². The van der Waals surface area contributed by atoms with Crippen LogP contribution in [-0.4, -0.2) is 28.9 Å². The maximum atomic E-state index is 11.4. The van der Waals surface area contributed by atoms with Crippen LogP contribution in [-0.2, 0) is 9.53 Å². The third kappa shape index (κ3) is 8.58. The Hall–Kier alpha value is -1.21. The van der Waals surface area contributed by atoms with Gasteiger partial charge in [0.25, 0.3) is 0 Å². The zero-order valence-electron chi connectivity index (χ0n) is 10.8. The summed E-state index contributed by atoms with van der Waals surface area (Å²) in [5.41, 5.74) is -0.477. The highest BCUT2D eigenvalue weighted by Crippen LogP contribution is 2.15. The van der Waals surface area contributed by atoms with E-state index in [2.05, 4.69) is 5.92 Å². The summed E-state index contributed by atoms with van der Waals surface area (Å²) in [5, 5.41) is 17.7. The van der Waals surface area contributed by atoms with Crippen molar-refractivity contribution >= 4 is 5.97 Å². The SMILES string of the molecule is CC(C)(C)C(=O)OCCC[C@@H](O)CCC#CO. The predicted molar refractivity (Wildman–Crippen MR) is 64.6 cm³/mol. The first-order chi connectivity index (χ1) is 7.88. The average Bonchev–Trinajstić information content (AvgIpc) is 2.23. The fourth-order valence-electron chi connectivity index (χ4n) is 1.14. The molecule has 0 heterocycles. The molecule has 0 radical (unpaired) electrons. The number of carbonyl (C=O) groups excluding carboxylic acids is 1. The maximum Gasteiger partial charge on any atom is 0.311 e. The zero-order valence-corrected chi connectivity index (χ0v) is 10.8. The second-order valence-corrected chi connectivity index (χ2v) is 5.01. The minimum Gasteiger partial charge on any atom is -0.465 e. The van der Waals surface area contributed by atoms with Gasteiger partial charge in [-0.3, -0.25) is 4.79 Å². The van der Waals surface area contributed by atoms with E-state index in [1.807, 2.05) is 0 Å². The lowest BCUT2D eigenvalue weighted by Crippen LogP contribution is -2.23. The van der Waals surface area contributed by atoms with Crippen molar-refractivity contribution < 1.29 is 19.7 Å². The molecule has 0 fully saturated rings. The summed E-state index contributed by atoms with van der Waals surface area (Å²) in [7, 11) is 0. The molecule has 0 aliphatic rings. The molecule has 0 amide bonds. The van der Waals surface area contributed by atoms with E-state index >= 15 is 0 Å². The molecule has 0 unspecified atom stereocenters. The van der Waals surface area contributed by atoms with E-state index in [9.17, 15) is 9.90 Å². The molecule has 0 aromatic rings. The van der Waals surface area contributed by atoms with Gasteiger partial charge < -0.3 is 14.9 Å². The number of esters is 1. The topological polar surface area (TPSA) is 66.8 Å². The molecule has 0 aliphatic carbocycles. The molecule has 0 rings (SSSR count). The average molecular weight is 242 g/mol. The monoisotopic (exact) mass is 242 g/mol. The van der Waals surface area contributed by atoms with Crippen LogP contribution in [0.4, 0.5) is 0 Å². The standard InChI is InChI=1S/C13H22O4/c1-13(2,3)12(16)17-10-6-8-11(15)7-4-5-9-14/h11,14-15H,4,6-8,10H2,1-3H3/t11-/m0/s1.